The fourth-order valence-electron chi connectivity index (χ4n) is 9.09. The molecule has 0 aliphatic heterocycles. The van der Waals surface area contributed by atoms with Crippen LogP contribution in [0.4, 0.5) is 0 Å². The van der Waals surface area contributed by atoms with Gasteiger partial charge in [-0.2, -0.15) is 0 Å². The molecule has 3 heteroatoms. The Morgan fingerprint density at radius 2 is 0.909 bits per heavy atom. The van der Waals surface area contributed by atoms with Crippen LogP contribution in [0.3, 0.4) is 0 Å². The fourth-order valence-corrected chi connectivity index (χ4v) is 9.09. The molecule has 3 heterocycles. The number of hydrogen-bond donors (Lipinski definition) is 0. The summed E-state index contributed by atoms with van der Waals surface area (Å²) in [5.41, 5.74) is 13.6. The van der Waals surface area contributed by atoms with Gasteiger partial charge in [0.2, 0.25) is 0 Å². The topological polar surface area (TPSA) is 23.0 Å². The molecule has 0 unspecified atom stereocenters. The molecule has 9 aromatic carbocycles. The first kappa shape index (κ1) is 30.1. The first-order valence-corrected chi connectivity index (χ1v) is 18.9. The molecule has 0 fully saturated rings. The zero-order chi connectivity index (χ0) is 36.0. The molecule has 0 N–H and O–H groups in total. The van der Waals surface area contributed by atoms with Crippen LogP contribution in [0.15, 0.2) is 199 Å². The number of fused-ring (bicyclic) bond motifs is 10. The number of para-hydroxylation sites is 5. The summed E-state index contributed by atoms with van der Waals surface area (Å²) in [6.07, 6.45) is 0. The van der Waals surface area contributed by atoms with Crippen LogP contribution in [0.2, 0.25) is 0 Å². The second-order valence-corrected chi connectivity index (χ2v) is 14.5. The molecule has 0 aliphatic rings. The van der Waals surface area contributed by atoms with Crippen molar-refractivity contribution in [3.05, 3.63) is 194 Å². The van der Waals surface area contributed by atoms with Gasteiger partial charge in [-0.15, -0.1) is 0 Å². The summed E-state index contributed by atoms with van der Waals surface area (Å²) in [4.78, 5) is 0. The highest BCUT2D eigenvalue weighted by Gasteiger charge is 2.19. The van der Waals surface area contributed by atoms with E-state index in [9.17, 15) is 0 Å². The summed E-state index contributed by atoms with van der Waals surface area (Å²) in [6, 6.07) is 70.2. The van der Waals surface area contributed by atoms with Gasteiger partial charge in [-0.3, -0.25) is 0 Å². The van der Waals surface area contributed by atoms with E-state index in [2.05, 4.69) is 197 Å². The van der Waals surface area contributed by atoms with E-state index in [0.29, 0.717) is 0 Å². The van der Waals surface area contributed by atoms with Crippen LogP contribution in [-0.4, -0.2) is 9.13 Å². The minimum Gasteiger partial charge on any atom is -0.455 e. The Hall–Kier alpha value is -7.36. The third kappa shape index (κ3) is 4.38. The summed E-state index contributed by atoms with van der Waals surface area (Å²) in [5, 5.41) is 9.66. The van der Waals surface area contributed by atoms with Crippen molar-refractivity contribution in [2.75, 3.05) is 0 Å². The van der Waals surface area contributed by atoms with Crippen LogP contribution in [-0.2, 0) is 0 Å². The molecule has 0 atom stereocenters. The van der Waals surface area contributed by atoms with Crippen LogP contribution in [0.25, 0.3) is 110 Å². The standard InChI is InChI=1S/C52H32N2O/c1-2-13-35(14-3-1)53-46-22-9-6-17-39(46)41-27-25-34(32-50(41)53)33-26-29-49-45(31-33)40-18-7-10-23-47(40)54(49)48-30-28-37(36-15-4-5-16-38(36)48)43-20-12-21-44-42-19-8-11-24-51(42)55-52(43)44/h1-32H. The fraction of sp³-hybridized carbons (Fsp3) is 0. The molecule has 0 radical (unpaired) electrons. The molecule has 0 saturated carbocycles. The predicted octanol–water partition coefficient (Wildman–Crippen LogP) is 14.3. The summed E-state index contributed by atoms with van der Waals surface area (Å²) in [7, 11) is 0. The highest BCUT2D eigenvalue weighted by Crippen LogP contribution is 2.43. The zero-order valence-electron chi connectivity index (χ0n) is 29.8. The van der Waals surface area contributed by atoms with E-state index in [1.54, 1.807) is 0 Å². The van der Waals surface area contributed by atoms with E-state index in [-0.39, 0.29) is 0 Å². The van der Waals surface area contributed by atoms with Crippen molar-refractivity contribution >= 4 is 76.3 Å². The summed E-state index contributed by atoms with van der Waals surface area (Å²) in [6.45, 7) is 0. The number of furan rings is 1. The number of benzene rings is 9. The van der Waals surface area contributed by atoms with E-state index in [1.165, 1.54) is 65.5 Å². The lowest BCUT2D eigenvalue weighted by atomic mass is 9.95. The van der Waals surface area contributed by atoms with Crippen LogP contribution < -0.4 is 0 Å². The van der Waals surface area contributed by atoms with Crippen molar-refractivity contribution in [2.24, 2.45) is 0 Å². The number of rotatable bonds is 4. The Morgan fingerprint density at radius 1 is 0.309 bits per heavy atom. The van der Waals surface area contributed by atoms with Crippen molar-refractivity contribution < 1.29 is 4.42 Å². The SMILES string of the molecule is c1ccc(-n2c3ccccc3c3ccc(-c4ccc5c(c4)c4ccccc4n5-c4ccc(-c5cccc6c5oc5ccccc56)c5ccccc45)cc32)cc1. The normalized spacial score (nSPS) is 12.0. The molecule has 3 nitrogen and oxygen atoms in total. The number of aromatic nitrogens is 2. The van der Waals surface area contributed by atoms with Gasteiger partial charge >= 0.3 is 0 Å². The summed E-state index contributed by atoms with van der Waals surface area (Å²) in [5.74, 6) is 0. The average Bonchev–Trinajstić information content (AvgIpc) is 3.91. The van der Waals surface area contributed by atoms with Gasteiger partial charge in [0.1, 0.15) is 11.2 Å². The average molecular weight is 701 g/mol. The largest absolute Gasteiger partial charge is 0.455 e. The molecule has 0 bridgehead atoms. The quantitative estimate of drug-likeness (QED) is 0.179. The Balaban J connectivity index is 1.05. The minimum atomic E-state index is 0.911. The molecule has 0 amide bonds. The second kappa shape index (κ2) is 11.6. The zero-order valence-corrected chi connectivity index (χ0v) is 29.8. The van der Waals surface area contributed by atoms with Gasteiger partial charge in [0.15, 0.2) is 0 Å². The third-order valence-electron chi connectivity index (χ3n) is 11.5. The Bertz CT molecular complexity index is 3490. The van der Waals surface area contributed by atoms with Gasteiger partial charge in [-0.1, -0.05) is 140 Å². The highest BCUT2D eigenvalue weighted by atomic mass is 16.3. The van der Waals surface area contributed by atoms with Crippen LogP contribution >= 0.6 is 0 Å². The van der Waals surface area contributed by atoms with Crippen LogP contribution in [0, 0.1) is 0 Å². The smallest absolute Gasteiger partial charge is 0.143 e. The Kier molecular flexibility index (Phi) is 6.34. The van der Waals surface area contributed by atoms with Crippen LogP contribution in [0.5, 0.6) is 0 Å². The van der Waals surface area contributed by atoms with Crippen molar-refractivity contribution in [3.63, 3.8) is 0 Å². The molecule has 0 aliphatic carbocycles. The van der Waals surface area contributed by atoms with Gasteiger partial charge in [-0.25, -0.2) is 0 Å². The van der Waals surface area contributed by atoms with Crippen LogP contribution in [0.1, 0.15) is 0 Å². The van der Waals surface area contributed by atoms with Crippen molar-refractivity contribution in [1.82, 2.24) is 9.13 Å². The van der Waals surface area contributed by atoms with E-state index >= 15 is 0 Å². The molecule has 12 aromatic rings. The van der Waals surface area contributed by atoms with Crippen molar-refractivity contribution in [2.45, 2.75) is 0 Å². The summed E-state index contributed by atoms with van der Waals surface area (Å²) >= 11 is 0. The molecule has 55 heavy (non-hydrogen) atoms. The lowest BCUT2D eigenvalue weighted by molar-refractivity contribution is 0.670. The predicted molar refractivity (Wildman–Crippen MR) is 231 cm³/mol. The van der Waals surface area contributed by atoms with E-state index < -0.39 is 0 Å². The Labute approximate surface area is 316 Å². The van der Waals surface area contributed by atoms with E-state index in [1.807, 2.05) is 6.07 Å². The highest BCUT2D eigenvalue weighted by molar-refractivity contribution is 6.16. The molecule has 256 valence electrons. The maximum atomic E-state index is 6.51. The minimum absolute atomic E-state index is 0.911. The van der Waals surface area contributed by atoms with Gasteiger partial charge in [0.25, 0.3) is 0 Å². The molecule has 0 saturated heterocycles. The summed E-state index contributed by atoms with van der Waals surface area (Å²) < 4.78 is 11.3. The molecule has 12 rings (SSSR count). The lowest BCUT2D eigenvalue weighted by Gasteiger charge is -2.15. The Morgan fingerprint density at radius 3 is 1.75 bits per heavy atom. The van der Waals surface area contributed by atoms with Gasteiger partial charge < -0.3 is 13.6 Å². The first-order chi connectivity index (χ1) is 27.3. The van der Waals surface area contributed by atoms with Gasteiger partial charge in [0, 0.05) is 49.0 Å². The first-order valence-electron chi connectivity index (χ1n) is 18.9. The number of hydrogen-bond acceptors (Lipinski definition) is 1. The van der Waals surface area contributed by atoms with E-state index in [4.69, 9.17) is 4.42 Å². The number of nitrogens with zero attached hydrogens (tertiary/aromatic N) is 2. The van der Waals surface area contributed by atoms with Gasteiger partial charge in [0.05, 0.1) is 27.8 Å². The maximum Gasteiger partial charge on any atom is 0.143 e. The molecular weight excluding hydrogens is 669 g/mol. The van der Waals surface area contributed by atoms with Crippen molar-refractivity contribution in [1.29, 1.82) is 0 Å². The molecule has 0 spiro atoms. The maximum absolute atomic E-state index is 6.51. The van der Waals surface area contributed by atoms with Crippen molar-refractivity contribution in [3.8, 4) is 33.6 Å². The van der Waals surface area contributed by atoms with Gasteiger partial charge in [-0.05, 0) is 76.7 Å². The second-order valence-electron chi connectivity index (χ2n) is 14.5. The molecular formula is C52H32N2O. The third-order valence-corrected chi connectivity index (χ3v) is 11.5. The monoisotopic (exact) mass is 700 g/mol. The van der Waals surface area contributed by atoms with E-state index in [0.717, 1.165) is 44.4 Å². The lowest BCUT2D eigenvalue weighted by Crippen LogP contribution is -1.96. The molecule has 3 aromatic heterocycles.